The number of fused-ring (bicyclic) bond motifs is 1. The zero-order valence-electron chi connectivity index (χ0n) is 10.1. The first-order valence-electron chi connectivity index (χ1n) is 5.85. The quantitative estimate of drug-likeness (QED) is 0.508. The van der Waals surface area contributed by atoms with Crippen molar-refractivity contribution >= 4 is 17.7 Å². The van der Waals surface area contributed by atoms with Gasteiger partial charge in [-0.2, -0.15) is 5.10 Å². The van der Waals surface area contributed by atoms with Gasteiger partial charge < -0.3 is 11.6 Å². The zero-order valence-corrected chi connectivity index (χ0v) is 10.9. The number of hydrogen-bond acceptors (Lipinski definition) is 6. The highest BCUT2D eigenvalue weighted by Gasteiger charge is 2.23. The number of thioether (sulfide) groups is 1. The summed E-state index contributed by atoms with van der Waals surface area (Å²) in [5.74, 6) is 6.14. The van der Waals surface area contributed by atoms with E-state index in [1.165, 1.54) is 4.68 Å². The summed E-state index contributed by atoms with van der Waals surface area (Å²) in [6.07, 6.45) is 3.08. The van der Waals surface area contributed by atoms with Crippen molar-refractivity contribution in [3.63, 3.8) is 0 Å². The van der Waals surface area contributed by atoms with Crippen molar-refractivity contribution in [1.29, 1.82) is 0 Å². The predicted octanol–water partition coefficient (Wildman–Crippen LogP) is -0.552. The number of hydrogen-bond donors (Lipinski definition) is 3. The summed E-state index contributed by atoms with van der Waals surface area (Å²) in [5, 5.41) is 15.7. The number of nitrogens with zero attached hydrogens (tertiary/aromatic N) is 4. The van der Waals surface area contributed by atoms with E-state index in [4.69, 9.17) is 11.6 Å². The van der Waals surface area contributed by atoms with Gasteiger partial charge in [0, 0.05) is 11.3 Å². The molecule has 1 amide bonds. The van der Waals surface area contributed by atoms with Gasteiger partial charge in [0.15, 0.2) is 0 Å². The number of aryl methyl sites for hydroxylation is 1. The van der Waals surface area contributed by atoms with Gasteiger partial charge in [0.1, 0.15) is 5.69 Å². The summed E-state index contributed by atoms with van der Waals surface area (Å²) in [5.41, 5.74) is 8.13. The molecule has 0 unspecified atom stereocenters. The van der Waals surface area contributed by atoms with Gasteiger partial charge in [-0.15, -0.1) is 10.2 Å². The van der Waals surface area contributed by atoms with Gasteiger partial charge >= 0.3 is 0 Å². The Bertz CT molecular complexity index is 632. The average Bonchev–Trinajstić information content (AvgIpc) is 3.02. The van der Waals surface area contributed by atoms with Crippen LogP contribution in [0.5, 0.6) is 0 Å². The number of carbonyl (C=O) groups is 1. The van der Waals surface area contributed by atoms with Crippen molar-refractivity contribution in [2.75, 3.05) is 11.6 Å². The van der Waals surface area contributed by atoms with Crippen molar-refractivity contribution < 1.29 is 4.79 Å². The Kier molecular flexibility index (Phi) is 2.90. The second kappa shape index (κ2) is 4.57. The second-order valence-corrected chi connectivity index (χ2v) is 5.26. The first-order chi connectivity index (χ1) is 9.16. The largest absolute Gasteiger partial charge is 0.369 e. The van der Waals surface area contributed by atoms with E-state index in [0.29, 0.717) is 11.0 Å². The van der Waals surface area contributed by atoms with Crippen LogP contribution in [0.1, 0.15) is 17.7 Å². The molecule has 0 bridgehead atoms. The lowest BCUT2D eigenvalue weighted by molar-refractivity contribution is -0.115. The lowest BCUT2D eigenvalue weighted by Crippen LogP contribution is -2.16. The number of carbonyl (C=O) groups excluding carboxylic acids is 1. The molecular formula is C10H13N7OS. The summed E-state index contributed by atoms with van der Waals surface area (Å²) in [6.45, 7) is 0. The number of H-pyrrole nitrogens is 1. The van der Waals surface area contributed by atoms with Crippen molar-refractivity contribution in [3.05, 3.63) is 11.3 Å². The highest BCUT2D eigenvalue weighted by atomic mass is 32.2. The minimum absolute atomic E-state index is 0.119. The maximum atomic E-state index is 10.8. The van der Waals surface area contributed by atoms with Gasteiger partial charge in [0.05, 0.1) is 5.75 Å². The SMILES string of the molecule is NC(=O)CSc1nnc(-c2n[nH]c3c2CCC3)n1N. The van der Waals surface area contributed by atoms with Crippen LogP contribution in [0.4, 0.5) is 0 Å². The van der Waals surface area contributed by atoms with E-state index < -0.39 is 5.91 Å². The first-order valence-corrected chi connectivity index (χ1v) is 6.83. The van der Waals surface area contributed by atoms with Crippen LogP contribution in [-0.4, -0.2) is 36.7 Å². The second-order valence-electron chi connectivity index (χ2n) is 4.31. The summed E-state index contributed by atoms with van der Waals surface area (Å²) in [4.78, 5) is 10.8. The Balaban J connectivity index is 1.91. The van der Waals surface area contributed by atoms with Gasteiger partial charge in [0.25, 0.3) is 0 Å². The monoisotopic (exact) mass is 279 g/mol. The molecule has 5 N–H and O–H groups in total. The molecule has 0 saturated carbocycles. The van der Waals surface area contributed by atoms with E-state index >= 15 is 0 Å². The third-order valence-corrected chi connectivity index (χ3v) is 3.99. The highest BCUT2D eigenvalue weighted by Crippen LogP contribution is 2.29. The molecule has 0 aromatic carbocycles. The van der Waals surface area contributed by atoms with E-state index in [1.54, 1.807) is 0 Å². The molecule has 3 rings (SSSR count). The molecule has 0 saturated heterocycles. The Morgan fingerprint density at radius 1 is 1.42 bits per heavy atom. The van der Waals surface area contributed by atoms with Gasteiger partial charge in [-0.05, 0) is 19.3 Å². The van der Waals surface area contributed by atoms with Crippen molar-refractivity contribution in [3.8, 4) is 11.5 Å². The van der Waals surface area contributed by atoms with E-state index in [-0.39, 0.29) is 5.75 Å². The fourth-order valence-corrected chi connectivity index (χ4v) is 2.77. The minimum atomic E-state index is -0.421. The average molecular weight is 279 g/mol. The topological polar surface area (TPSA) is 129 Å². The molecule has 100 valence electrons. The molecule has 9 heteroatoms. The number of aromatic nitrogens is 5. The third-order valence-electron chi connectivity index (χ3n) is 3.03. The van der Waals surface area contributed by atoms with Crippen LogP contribution in [0.3, 0.4) is 0 Å². The molecule has 0 spiro atoms. The number of aromatic amines is 1. The smallest absolute Gasteiger partial charge is 0.227 e. The van der Waals surface area contributed by atoms with E-state index in [2.05, 4.69) is 20.4 Å². The Morgan fingerprint density at radius 3 is 3.05 bits per heavy atom. The standard InChI is InChI=1S/C10H13N7OS/c11-7(18)4-19-10-16-15-9(17(10)12)8-5-2-1-3-6(5)13-14-8/h1-4,12H2,(H2,11,18)(H,13,14). The first kappa shape index (κ1) is 12.0. The number of amides is 1. The van der Waals surface area contributed by atoms with Crippen LogP contribution < -0.4 is 11.6 Å². The van der Waals surface area contributed by atoms with Crippen LogP contribution >= 0.6 is 11.8 Å². The number of nitrogen functional groups attached to an aromatic ring is 1. The number of rotatable bonds is 4. The van der Waals surface area contributed by atoms with Crippen LogP contribution in [0.25, 0.3) is 11.5 Å². The fraction of sp³-hybridized carbons (Fsp3) is 0.400. The number of primary amides is 1. The lowest BCUT2D eigenvalue weighted by atomic mass is 10.2. The van der Waals surface area contributed by atoms with E-state index in [9.17, 15) is 4.79 Å². The van der Waals surface area contributed by atoms with Crippen molar-refractivity contribution in [2.24, 2.45) is 5.73 Å². The fourth-order valence-electron chi connectivity index (χ4n) is 2.18. The Morgan fingerprint density at radius 2 is 2.26 bits per heavy atom. The predicted molar refractivity (Wildman–Crippen MR) is 69.7 cm³/mol. The van der Waals surface area contributed by atoms with Gasteiger partial charge in [0.2, 0.25) is 16.9 Å². The molecule has 2 aromatic heterocycles. The van der Waals surface area contributed by atoms with Gasteiger partial charge in [-0.25, -0.2) is 4.68 Å². The van der Waals surface area contributed by atoms with Crippen LogP contribution in [0, 0.1) is 0 Å². The Hall–Kier alpha value is -2.03. The molecule has 8 nitrogen and oxygen atoms in total. The Labute approximate surface area is 112 Å². The normalized spacial score (nSPS) is 13.7. The maximum Gasteiger partial charge on any atom is 0.227 e. The molecule has 1 aliphatic rings. The summed E-state index contributed by atoms with van der Waals surface area (Å²) < 4.78 is 1.35. The molecule has 0 atom stereocenters. The lowest BCUT2D eigenvalue weighted by Gasteiger charge is -2.01. The summed E-state index contributed by atoms with van der Waals surface area (Å²) >= 11 is 1.16. The van der Waals surface area contributed by atoms with Crippen LogP contribution in [0.15, 0.2) is 5.16 Å². The number of nitrogens with one attached hydrogen (secondary N) is 1. The van der Waals surface area contributed by atoms with Gasteiger partial charge in [-0.1, -0.05) is 11.8 Å². The molecule has 0 aliphatic heterocycles. The van der Waals surface area contributed by atoms with E-state index in [0.717, 1.165) is 48.0 Å². The van der Waals surface area contributed by atoms with E-state index in [1.807, 2.05) is 0 Å². The van der Waals surface area contributed by atoms with Gasteiger partial charge in [-0.3, -0.25) is 9.89 Å². The summed E-state index contributed by atoms with van der Waals surface area (Å²) in [7, 11) is 0. The third kappa shape index (κ3) is 2.05. The van der Waals surface area contributed by atoms with Crippen molar-refractivity contribution in [1.82, 2.24) is 25.1 Å². The molecule has 1 aliphatic carbocycles. The molecular weight excluding hydrogens is 266 g/mol. The number of nitrogens with two attached hydrogens (primary N) is 2. The summed E-state index contributed by atoms with van der Waals surface area (Å²) in [6, 6.07) is 0. The molecule has 0 fully saturated rings. The zero-order chi connectivity index (χ0) is 13.4. The van der Waals surface area contributed by atoms with Crippen molar-refractivity contribution in [2.45, 2.75) is 24.4 Å². The highest BCUT2D eigenvalue weighted by molar-refractivity contribution is 7.99. The minimum Gasteiger partial charge on any atom is -0.369 e. The molecule has 2 aromatic rings. The molecule has 0 radical (unpaired) electrons. The van der Waals surface area contributed by atoms with Crippen LogP contribution in [0.2, 0.25) is 0 Å². The molecule has 2 heterocycles. The molecule has 19 heavy (non-hydrogen) atoms. The van der Waals surface area contributed by atoms with Crippen LogP contribution in [-0.2, 0) is 17.6 Å². The maximum absolute atomic E-state index is 10.8.